The topological polar surface area (TPSA) is 129 Å². The summed E-state index contributed by atoms with van der Waals surface area (Å²) in [6.45, 7) is 0.176. The number of aromatic nitrogens is 4. The highest BCUT2D eigenvalue weighted by atomic mass is 32.1. The van der Waals surface area contributed by atoms with Crippen molar-refractivity contribution in [3.05, 3.63) is 130 Å². The lowest BCUT2D eigenvalue weighted by Gasteiger charge is -2.08. The molecule has 2 aromatic carbocycles. The maximum Gasteiger partial charge on any atom is 0.319 e. The van der Waals surface area contributed by atoms with Gasteiger partial charge in [0.15, 0.2) is 0 Å². The lowest BCUT2D eigenvalue weighted by atomic mass is 10.2. The summed E-state index contributed by atoms with van der Waals surface area (Å²) in [5.74, 6) is -0.546. The first-order valence-electron chi connectivity index (χ1n) is 15.4. The highest BCUT2D eigenvalue weighted by Gasteiger charge is 2.12. The number of aryl methyl sites for hydroxylation is 2. The van der Waals surface area contributed by atoms with Crippen LogP contribution in [0.1, 0.15) is 22.3 Å². The van der Waals surface area contributed by atoms with Crippen molar-refractivity contribution in [2.45, 2.75) is 13.2 Å². The summed E-state index contributed by atoms with van der Waals surface area (Å²) in [6, 6.07) is 22.1. The summed E-state index contributed by atoms with van der Waals surface area (Å²) < 4.78 is 26.8. The van der Waals surface area contributed by atoms with Gasteiger partial charge in [0.2, 0.25) is 11.8 Å². The molecule has 0 fully saturated rings. The predicted molar refractivity (Wildman–Crippen MR) is 200 cm³/mol. The van der Waals surface area contributed by atoms with Crippen LogP contribution in [0.5, 0.6) is 0 Å². The number of amides is 2. The Morgan fingerprint density at radius 3 is 1.50 bits per heavy atom. The number of rotatable bonds is 14. The van der Waals surface area contributed by atoms with Gasteiger partial charge in [-0.1, -0.05) is 36.4 Å². The first-order chi connectivity index (χ1) is 24.3. The van der Waals surface area contributed by atoms with Gasteiger partial charge in [-0.15, -0.1) is 22.7 Å². The quantitative estimate of drug-likeness (QED) is 0.0860. The normalized spacial score (nSPS) is 11.6. The monoisotopic (exact) mass is 724 g/mol. The van der Waals surface area contributed by atoms with E-state index < -0.39 is 8.25 Å². The summed E-state index contributed by atoms with van der Waals surface area (Å²) in [7, 11) is 0.977. The Kier molecular flexibility index (Phi) is 11.4. The minimum absolute atomic E-state index is 0.0881. The van der Waals surface area contributed by atoms with Crippen molar-refractivity contribution in [3.63, 3.8) is 0 Å². The fourth-order valence-corrected chi connectivity index (χ4v) is 7.27. The minimum Gasteiger partial charge on any atom is -0.323 e. The molecule has 0 atom stereocenters. The highest BCUT2D eigenvalue weighted by molar-refractivity contribution is 7.33. The van der Waals surface area contributed by atoms with E-state index >= 15 is 0 Å². The SMILES string of the molecule is Cn1ncc(/C=C/C(=O)Nc2ccc(CO[PH](=O)OCc3ccc(NC(=O)/C=C/c4cnn(C)c4-c4cccs4)cc3)cc2)c1-c1cccs1. The van der Waals surface area contributed by atoms with Crippen LogP contribution in [-0.4, -0.2) is 31.4 Å². The van der Waals surface area contributed by atoms with Crippen molar-refractivity contribution in [1.29, 1.82) is 0 Å². The van der Waals surface area contributed by atoms with Crippen molar-refractivity contribution in [2.24, 2.45) is 14.1 Å². The largest absolute Gasteiger partial charge is 0.323 e. The van der Waals surface area contributed by atoms with Crippen LogP contribution in [0.4, 0.5) is 11.4 Å². The number of carbonyl (C=O) groups excluding carboxylic acids is 2. The molecule has 6 aromatic rings. The number of hydrogen-bond donors (Lipinski definition) is 2. The van der Waals surface area contributed by atoms with Crippen LogP contribution in [0.15, 0.2) is 108 Å². The third kappa shape index (κ3) is 9.08. The summed E-state index contributed by atoms with van der Waals surface area (Å²) in [5, 5.41) is 18.3. The molecule has 14 heteroatoms. The van der Waals surface area contributed by atoms with Gasteiger partial charge in [0.1, 0.15) is 0 Å². The van der Waals surface area contributed by atoms with E-state index in [1.165, 1.54) is 12.2 Å². The van der Waals surface area contributed by atoms with E-state index in [1.807, 2.05) is 49.1 Å². The molecule has 4 heterocycles. The lowest BCUT2D eigenvalue weighted by molar-refractivity contribution is -0.112. The van der Waals surface area contributed by atoms with E-state index in [4.69, 9.17) is 9.05 Å². The lowest BCUT2D eigenvalue weighted by Crippen LogP contribution is -2.07. The highest BCUT2D eigenvalue weighted by Crippen LogP contribution is 2.30. The molecule has 0 aliphatic rings. The molecule has 0 unspecified atom stereocenters. The zero-order valence-corrected chi connectivity index (χ0v) is 29.7. The minimum atomic E-state index is -2.76. The Hall–Kier alpha value is -5.17. The molecule has 2 amide bonds. The Labute approximate surface area is 297 Å². The average molecular weight is 725 g/mol. The molecule has 0 radical (unpaired) electrons. The van der Waals surface area contributed by atoms with Crippen LogP contribution in [-0.2, 0) is 50.5 Å². The van der Waals surface area contributed by atoms with Gasteiger partial charge < -0.3 is 19.7 Å². The number of benzene rings is 2. The zero-order chi connectivity index (χ0) is 34.9. The molecule has 6 rings (SSSR count). The van der Waals surface area contributed by atoms with Gasteiger partial charge in [-0.3, -0.25) is 23.5 Å². The molecule has 0 aliphatic carbocycles. The van der Waals surface area contributed by atoms with Crippen LogP contribution >= 0.6 is 30.9 Å². The van der Waals surface area contributed by atoms with Crippen LogP contribution in [0.25, 0.3) is 33.3 Å². The van der Waals surface area contributed by atoms with E-state index in [0.29, 0.717) is 11.4 Å². The predicted octanol–water partition coefficient (Wildman–Crippen LogP) is 8.04. The van der Waals surface area contributed by atoms with Crippen molar-refractivity contribution >= 4 is 66.3 Å². The van der Waals surface area contributed by atoms with Gasteiger partial charge in [0.25, 0.3) is 0 Å². The standard InChI is InChI=1S/C36H33N6O5PS2/c1-41-35(31-5-3-19-49-31)27(21-37-41)11-17-33(43)39-29-13-7-25(8-14-29)23-46-48(45)47-24-26-9-15-30(16-10-26)40-34(44)18-12-28-22-38-42(2)36(28)32-6-4-20-50-32/h3-22,48H,23-24H2,1-2H3,(H,39,43)(H,40,44)/b17-11+,18-12+. The van der Waals surface area contributed by atoms with Crippen LogP contribution in [0, 0.1) is 0 Å². The second-order valence-corrected chi connectivity index (χ2v) is 13.9. The maximum atomic E-state index is 12.5. The van der Waals surface area contributed by atoms with Crippen molar-refractivity contribution in [2.75, 3.05) is 10.6 Å². The van der Waals surface area contributed by atoms with Crippen molar-refractivity contribution < 1.29 is 23.2 Å². The number of thiophene rings is 2. The number of anilines is 2. The van der Waals surface area contributed by atoms with Gasteiger partial charge in [-0.25, -0.2) is 0 Å². The first-order valence-corrected chi connectivity index (χ1v) is 18.4. The van der Waals surface area contributed by atoms with Gasteiger partial charge in [0, 0.05) is 48.7 Å². The summed E-state index contributed by atoms with van der Waals surface area (Å²) >= 11 is 3.22. The number of nitrogens with one attached hydrogen (secondary N) is 2. The van der Waals surface area contributed by atoms with Gasteiger partial charge >= 0.3 is 8.25 Å². The fourth-order valence-electron chi connectivity index (χ4n) is 4.98. The van der Waals surface area contributed by atoms with Crippen molar-refractivity contribution in [1.82, 2.24) is 19.6 Å². The molecule has 0 bridgehead atoms. The molecule has 2 N–H and O–H groups in total. The first kappa shape index (κ1) is 34.7. The Morgan fingerprint density at radius 2 is 1.12 bits per heavy atom. The second-order valence-electron chi connectivity index (χ2n) is 11.0. The number of nitrogens with zero attached hydrogens (tertiary/aromatic N) is 4. The van der Waals surface area contributed by atoms with Crippen LogP contribution in [0.2, 0.25) is 0 Å². The van der Waals surface area contributed by atoms with E-state index in [-0.39, 0.29) is 25.0 Å². The summed E-state index contributed by atoms with van der Waals surface area (Å²) in [6.07, 6.45) is 9.90. The third-order valence-electron chi connectivity index (χ3n) is 7.43. The molecule has 0 saturated carbocycles. The van der Waals surface area contributed by atoms with E-state index in [0.717, 1.165) is 43.4 Å². The molecular formula is C36H33N6O5PS2. The van der Waals surface area contributed by atoms with Gasteiger partial charge in [-0.2, -0.15) is 10.2 Å². The van der Waals surface area contributed by atoms with Crippen LogP contribution in [0.3, 0.4) is 0 Å². The smallest absolute Gasteiger partial charge is 0.319 e. The third-order valence-corrected chi connectivity index (χ3v) is 9.94. The molecular weight excluding hydrogens is 692 g/mol. The zero-order valence-electron chi connectivity index (χ0n) is 27.1. The Balaban J connectivity index is 0.915. The van der Waals surface area contributed by atoms with E-state index in [2.05, 4.69) is 20.8 Å². The molecule has 11 nitrogen and oxygen atoms in total. The Bertz CT molecular complexity index is 1980. The van der Waals surface area contributed by atoms with Gasteiger partial charge in [0.05, 0.1) is 46.7 Å². The maximum absolute atomic E-state index is 12.5. The fraction of sp³-hybridized carbons (Fsp3) is 0.111. The van der Waals surface area contributed by atoms with E-state index in [9.17, 15) is 14.2 Å². The molecule has 4 aromatic heterocycles. The second kappa shape index (κ2) is 16.5. The number of hydrogen-bond acceptors (Lipinski definition) is 9. The van der Waals surface area contributed by atoms with Gasteiger partial charge in [-0.05, 0) is 70.4 Å². The molecule has 0 aliphatic heterocycles. The van der Waals surface area contributed by atoms with E-state index in [1.54, 1.807) is 105 Å². The summed E-state index contributed by atoms with van der Waals surface area (Å²) in [4.78, 5) is 27.2. The number of carbonyl (C=O) groups is 2. The Morgan fingerprint density at radius 1 is 0.700 bits per heavy atom. The van der Waals surface area contributed by atoms with Crippen LogP contribution < -0.4 is 10.6 Å². The summed E-state index contributed by atoms with van der Waals surface area (Å²) in [5.41, 5.74) is 6.38. The average Bonchev–Trinajstić information content (AvgIpc) is 3.95. The molecule has 0 saturated heterocycles. The molecule has 0 spiro atoms. The van der Waals surface area contributed by atoms with Crippen molar-refractivity contribution in [3.8, 4) is 21.1 Å². The molecule has 254 valence electrons. The molecule has 50 heavy (non-hydrogen) atoms.